The number of nitrogen functional groups attached to an aromatic ring is 2. The second-order valence-electron chi connectivity index (χ2n) is 8.09. The van der Waals surface area contributed by atoms with Crippen LogP contribution in [0, 0.1) is 11.8 Å². The molecule has 0 unspecified atom stereocenters. The zero-order chi connectivity index (χ0) is 25.1. The number of nitrogens with two attached hydrogens (primary N) is 2. The summed E-state index contributed by atoms with van der Waals surface area (Å²) in [7, 11) is 0. The number of ether oxygens (including phenoxy) is 2. The van der Waals surface area contributed by atoms with Crippen LogP contribution in [-0.2, 0) is 0 Å². The van der Waals surface area contributed by atoms with Crippen molar-refractivity contribution in [3.8, 4) is 46.3 Å². The minimum absolute atomic E-state index is 0.0115. The fraction of sp³-hybridized carbons (Fsp3) is 0. The van der Waals surface area contributed by atoms with E-state index in [1.165, 1.54) is 12.1 Å². The number of anilines is 2. The number of hydrogen-bond donors (Lipinski definition) is 4. The standard InChI is InChI=1S/C30H22N2O4/c31-25-17-21(11-13-27(25)33)35-29-8-4-7-23-24(29)15-20(10-9-19-5-2-1-3-6-19)16-30(23)36-22-12-14-28(34)26(32)18-22/h1-8,11-18,33-34H,31-32H2. The maximum Gasteiger partial charge on any atom is 0.138 e. The molecule has 36 heavy (non-hydrogen) atoms. The predicted octanol–water partition coefficient (Wildman–Crippen LogP) is 6.40. The summed E-state index contributed by atoms with van der Waals surface area (Å²) in [5, 5.41) is 21.1. The van der Waals surface area contributed by atoms with E-state index in [0.717, 1.165) is 21.9 Å². The number of phenols is 2. The Hall–Kier alpha value is -5.28. The Morgan fingerprint density at radius 1 is 0.528 bits per heavy atom. The third-order valence-electron chi connectivity index (χ3n) is 5.50. The number of phenolic OH excluding ortho intramolecular Hbond substituents is 2. The molecular formula is C30H22N2O4. The zero-order valence-corrected chi connectivity index (χ0v) is 19.1. The van der Waals surface area contributed by atoms with Crippen LogP contribution in [0.4, 0.5) is 11.4 Å². The van der Waals surface area contributed by atoms with Gasteiger partial charge in [0.15, 0.2) is 0 Å². The Morgan fingerprint density at radius 2 is 1.14 bits per heavy atom. The predicted molar refractivity (Wildman–Crippen MR) is 142 cm³/mol. The zero-order valence-electron chi connectivity index (χ0n) is 19.1. The van der Waals surface area contributed by atoms with E-state index in [9.17, 15) is 10.2 Å². The van der Waals surface area contributed by atoms with E-state index in [1.54, 1.807) is 24.3 Å². The Balaban J connectivity index is 1.63. The molecule has 5 rings (SSSR count). The molecule has 0 aliphatic carbocycles. The van der Waals surface area contributed by atoms with Crippen LogP contribution in [0.1, 0.15) is 11.1 Å². The van der Waals surface area contributed by atoms with Gasteiger partial charge in [-0.3, -0.25) is 0 Å². The summed E-state index contributed by atoms with van der Waals surface area (Å²) in [6, 6.07) is 28.4. The van der Waals surface area contributed by atoms with Gasteiger partial charge in [0, 0.05) is 34.0 Å². The highest BCUT2D eigenvalue weighted by Gasteiger charge is 2.12. The van der Waals surface area contributed by atoms with Crippen LogP contribution >= 0.6 is 0 Å². The highest BCUT2D eigenvalue weighted by molar-refractivity contribution is 5.95. The maximum absolute atomic E-state index is 9.78. The van der Waals surface area contributed by atoms with Crippen molar-refractivity contribution in [2.24, 2.45) is 0 Å². The van der Waals surface area contributed by atoms with Gasteiger partial charge in [-0.05, 0) is 54.6 Å². The number of rotatable bonds is 4. The average molecular weight is 475 g/mol. The van der Waals surface area contributed by atoms with E-state index in [4.69, 9.17) is 20.9 Å². The van der Waals surface area contributed by atoms with E-state index in [0.29, 0.717) is 23.0 Å². The molecule has 0 aromatic heterocycles. The van der Waals surface area contributed by atoms with Crippen LogP contribution in [-0.4, -0.2) is 10.2 Å². The molecule has 5 aromatic carbocycles. The van der Waals surface area contributed by atoms with Gasteiger partial charge in [0.1, 0.15) is 34.5 Å². The summed E-state index contributed by atoms with van der Waals surface area (Å²) in [6.45, 7) is 0. The van der Waals surface area contributed by atoms with E-state index >= 15 is 0 Å². The van der Waals surface area contributed by atoms with Gasteiger partial charge in [0.25, 0.3) is 0 Å². The van der Waals surface area contributed by atoms with Crippen LogP contribution in [0.3, 0.4) is 0 Å². The highest BCUT2D eigenvalue weighted by atomic mass is 16.5. The lowest BCUT2D eigenvalue weighted by Gasteiger charge is -2.14. The fourth-order valence-corrected chi connectivity index (χ4v) is 3.68. The lowest BCUT2D eigenvalue weighted by molar-refractivity contribution is 0.467. The smallest absolute Gasteiger partial charge is 0.138 e. The second-order valence-corrected chi connectivity index (χ2v) is 8.09. The third-order valence-corrected chi connectivity index (χ3v) is 5.50. The molecule has 6 heteroatoms. The minimum atomic E-state index is -0.0152. The first-order valence-electron chi connectivity index (χ1n) is 11.1. The third kappa shape index (κ3) is 4.81. The lowest BCUT2D eigenvalue weighted by atomic mass is 10.0. The summed E-state index contributed by atoms with van der Waals surface area (Å²) in [5.74, 6) is 8.41. The summed E-state index contributed by atoms with van der Waals surface area (Å²) in [4.78, 5) is 0. The van der Waals surface area contributed by atoms with Gasteiger partial charge in [-0.25, -0.2) is 0 Å². The van der Waals surface area contributed by atoms with Gasteiger partial charge in [0.2, 0.25) is 0 Å². The first-order valence-corrected chi connectivity index (χ1v) is 11.1. The number of fused-ring (bicyclic) bond motifs is 1. The van der Waals surface area contributed by atoms with Crippen molar-refractivity contribution in [3.63, 3.8) is 0 Å². The molecule has 0 aliphatic heterocycles. The summed E-state index contributed by atoms with van der Waals surface area (Å²) in [5.41, 5.74) is 13.7. The molecular weight excluding hydrogens is 452 g/mol. The average Bonchev–Trinajstić information content (AvgIpc) is 2.88. The first-order chi connectivity index (χ1) is 17.5. The van der Waals surface area contributed by atoms with Gasteiger partial charge in [-0.2, -0.15) is 0 Å². The van der Waals surface area contributed by atoms with Gasteiger partial charge in [-0.1, -0.05) is 42.2 Å². The molecule has 6 nitrogen and oxygen atoms in total. The van der Waals surface area contributed by atoms with E-state index < -0.39 is 0 Å². The van der Waals surface area contributed by atoms with E-state index in [-0.39, 0.29) is 22.9 Å². The van der Waals surface area contributed by atoms with Crippen molar-refractivity contribution >= 4 is 22.1 Å². The van der Waals surface area contributed by atoms with Crippen molar-refractivity contribution in [2.45, 2.75) is 0 Å². The quantitative estimate of drug-likeness (QED) is 0.136. The van der Waals surface area contributed by atoms with Gasteiger partial charge >= 0.3 is 0 Å². The molecule has 0 atom stereocenters. The van der Waals surface area contributed by atoms with Crippen molar-refractivity contribution < 1.29 is 19.7 Å². The molecule has 6 N–H and O–H groups in total. The van der Waals surface area contributed by atoms with Crippen LogP contribution in [0.2, 0.25) is 0 Å². The first kappa shape index (κ1) is 22.5. The second kappa shape index (κ2) is 9.53. The maximum atomic E-state index is 9.78. The van der Waals surface area contributed by atoms with Gasteiger partial charge in [-0.15, -0.1) is 0 Å². The highest BCUT2D eigenvalue weighted by Crippen LogP contribution is 2.39. The molecule has 0 amide bonds. The van der Waals surface area contributed by atoms with Crippen molar-refractivity contribution in [1.82, 2.24) is 0 Å². The number of hydrogen-bond acceptors (Lipinski definition) is 6. The molecule has 176 valence electrons. The topological polar surface area (TPSA) is 111 Å². The monoisotopic (exact) mass is 474 g/mol. The largest absolute Gasteiger partial charge is 0.506 e. The Bertz CT molecular complexity index is 1640. The SMILES string of the molecule is Nc1cc(Oc2cc(C#Cc3ccccc3)cc3c(Oc4ccc(O)c(N)c4)cccc23)ccc1O. The Labute approximate surface area is 208 Å². The molecule has 0 heterocycles. The molecule has 0 saturated carbocycles. The Kier molecular flexibility index (Phi) is 5.96. The van der Waals surface area contributed by atoms with Gasteiger partial charge < -0.3 is 31.2 Å². The van der Waals surface area contributed by atoms with E-state index in [2.05, 4.69) is 11.8 Å². The van der Waals surface area contributed by atoms with Crippen molar-refractivity contribution in [2.75, 3.05) is 11.5 Å². The minimum Gasteiger partial charge on any atom is -0.506 e. The summed E-state index contributed by atoms with van der Waals surface area (Å²) >= 11 is 0. The molecule has 0 aliphatic rings. The van der Waals surface area contributed by atoms with Crippen molar-refractivity contribution in [1.29, 1.82) is 0 Å². The number of benzene rings is 5. The van der Waals surface area contributed by atoms with Crippen LogP contribution in [0.5, 0.6) is 34.5 Å². The summed E-state index contributed by atoms with van der Waals surface area (Å²) < 4.78 is 12.3. The molecule has 0 radical (unpaired) electrons. The molecule has 5 aromatic rings. The lowest BCUT2D eigenvalue weighted by Crippen LogP contribution is -1.93. The molecule has 0 spiro atoms. The summed E-state index contributed by atoms with van der Waals surface area (Å²) in [6.07, 6.45) is 0. The Morgan fingerprint density at radius 3 is 1.78 bits per heavy atom. The normalized spacial score (nSPS) is 10.4. The van der Waals surface area contributed by atoms with Crippen LogP contribution < -0.4 is 20.9 Å². The van der Waals surface area contributed by atoms with Crippen LogP contribution in [0.15, 0.2) is 97.1 Å². The molecule has 0 saturated heterocycles. The van der Waals surface area contributed by atoms with Gasteiger partial charge in [0.05, 0.1) is 11.4 Å². The molecule has 0 fully saturated rings. The van der Waals surface area contributed by atoms with Crippen LogP contribution in [0.25, 0.3) is 10.8 Å². The fourth-order valence-electron chi connectivity index (χ4n) is 3.68. The van der Waals surface area contributed by atoms with E-state index in [1.807, 2.05) is 60.7 Å². The van der Waals surface area contributed by atoms with Crippen molar-refractivity contribution in [3.05, 3.63) is 108 Å². The number of aromatic hydroxyl groups is 2. The molecule has 0 bridgehead atoms.